The van der Waals surface area contributed by atoms with Gasteiger partial charge in [0.05, 0.1) is 30.0 Å². The summed E-state index contributed by atoms with van der Waals surface area (Å²) in [5, 5.41) is -0.241. The maximum atomic E-state index is 12.4. The number of carbonyl (C=O) groups is 2. The summed E-state index contributed by atoms with van der Waals surface area (Å²) in [6, 6.07) is 3.49. The van der Waals surface area contributed by atoms with Gasteiger partial charge in [0.1, 0.15) is 5.76 Å². The van der Waals surface area contributed by atoms with E-state index in [0.717, 1.165) is 11.8 Å². The van der Waals surface area contributed by atoms with Crippen molar-refractivity contribution in [2.75, 3.05) is 19.8 Å². The molecule has 7 heteroatoms. The molecule has 2 aliphatic heterocycles. The van der Waals surface area contributed by atoms with Crippen molar-refractivity contribution in [3.63, 3.8) is 0 Å². The van der Waals surface area contributed by atoms with Crippen LogP contribution in [0.5, 0.6) is 0 Å². The van der Waals surface area contributed by atoms with E-state index in [1.54, 1.807) is 18.2 Å². The summed E-state index contributed by atoms with van der Waals surface area (Å²) in [6.07, 6.45) is 3.34. The number of furan rings is 1. The number of rotatable bonds is 3. The molecule has 3 rings (SSSR count). The van der Waals surface area contributed by atoms with Crippen molar-refractivity contribution in [1.82, 2.24) is 9.80 Å². The Labute approximate surface area is 133 Å². The lowest BCUT2D eigenvalue weighted by Gasteiger charge is -2.36. The monoisotopic (exact) mass is 322 g/mol. The van der Waals surface area contributed by atoms with E-state index in [2.05, 4.69) is 4.90 Å². The number of hydrogen-bond acceptors (Lipinski definition) is 6. The smallest absolute Gasteiger partial charge is 0.294 e. The van der Waals surface area contributed by atoms with Crippen LogP contribution in [0, 0.1) is 0 Å². The molecule has 0 aliphatic carbocycles. The van der Waals surface area contributed by atoms with Crippen LogP contribution in [0.1, 0.15) is 19.6 Å². The summed E-state index contributed by atoms with van der Waals surface area (Å²) < 4.78 is 10.9. The lowest BCUT2D eigenvalue weighted by molar-refractivity contribution is -0.127. The molecular weight excluding hydrogens is 304 g/mol. The molecule has 0 N–H and O–H groups in total. The summed E-state index contributed by atoms with van der Waals surface area (Å²) >= 11 is 0.951. The van der Waals surface area contributed by atoms with E-state index >= 15 is 0 Å². The highest BCUT2D eigenvalue weighted by Gasteiger charge is 2.37. The van der Waals surface area contributed by atoms with Crippen LogP contribution in [0.2, 0.25) is 0 Å². The van der Waals surface area contributed by atoms with Crippen LogP contribution >= 0.6 is 11.8 Å². The number of hydrogen-bond donors (Lipinski definition) is 0. The van der Waals surface area contributed by atoms with E-state index in [1.165, 1.54) is 11.2 Å². The lowest BCUT2D eigenvalue weighted by atomic mass is 10.2. The number of nitrogens with zero attached hydrogens (tertiary/aromatic N) is 2. The third-order valence-electron chi connectivity index (χ3n) is 3.53. The van der Waals surface area contributed by atoms with Gasteiger partial charge in [-0.3, -0.25) is 19.4 Å². The maximum absolute atomic E-state index is 12.4. The minimum absolute atomic E-state index is 0.0994. The zero-order valence-corrected chi connectivity index (χ0v) is 13.3. The molecule has 0 saturated carbocycles. The minimum atomic E-state index is -0.266. The molecule has 3 heterocycles. The fraction of sp³-hybridized carbons (Fsp3) is 0.467. The van der Waals surface area contributed by atoms with Gasteiger partial charge in [-0.2, -0.15) is 0 Å². The van der Waals surface area contributed by atoms with Gasteiger partial charge in [0.15, 0.2) is 0 Å². The highest BCUT2D eigenvalue weighted by atomic mass is 32.2. The molecule has 2 saturated heterocycles. The predicted octanol–water partition coefficient (Wildman–Crippen LogP) is 2.38. The highest BCUT2D eigenvalue weighted by molar-refractivity contribution is 8.18. The zero-order valence-electron chi connectivity index (χ0n) is 12.5. The average Bonchev–Trinajstić information content (AvgIpc) is 3.03. The van der Waals surface area contributed by atoms with Gasteiger partial charge >= 0.3 is 0 Å². The first kappa shape index (κ1) is 15.3. The Hall–Kier alpha value is -1.57. The normalized spacial score (nSPS) is 28.8. The number of ether oxygens (including phenoxy) is 1. The van der Waals surface area contributed by atoms with Crippen LogP contribution in [-0.2, 0) is 9.53 Å². The summed E-state index contributed by atoms with van der Waals surface area (Å²) in [5.41, 5.74) is 0. The van der Waals surface area contributed by atoms with Gasteiger partial charge in [0, 0.05) is 19.2 Å². The first-order chi connectivity index (χ1) is 10.5. The van der Waals surface area contributed by atoms with E-state index in [4.69, 9.17) is 9.15 Å². The van der Waals surface area contributed by atoms with Crippen molar-refractivity contribution >= 4 is 29.0 Å². The van der Waals surface area contributed by atoms with Crippen molar-refractivity contribution in [2.45, 2.75) is 26.1 Å². The number of carbonyl (C=O) groups excluding carboxylic acids is 2. The molecule has 2 amide bonds. The molecule has 22 heavy (non-hydrogen) atoms. The molecular formula is C15H18N2O4S. The van der Waals surface area contributed by atoms with Crippen LogP contribution in [0.3, 0.4) is 0 Å². The van der Waals surface area contributed by atoms with Crippen molar-refractivity contribution < 1.29 is 18.7 Å². The van der Waals surface area contributed by atoms with E-state index < -0.39 is 0 Å². The quantitative estimate of drug-likeness (QED) is 0.796. The van der Waals surface area contributed by atoms with Crippen molar-refractivity contribution in [2.24, 2.45) is 0 Å². The first-order valence-corrected chi connectivity index (χ1v) is 8.01. The topological polar surface area (TPSA) is 63.0 Å². The summed E-state index contributed by atoms with van der Waals surface area (Å²) in [4.78, 5) is 28.2. The molecule has 6 nitrogen and oxygen atoms in total. The van der Waals surface area contributed by atoms with Crippen molar-refractivity contribution in [3.8, 4) is 0 Å². The highest BCUT2D eigenvalue weighted by Crippen LogP contribution is 2.32. The first-order valence-electron chi connectivity index (χ1n) is 7.19. The Balaban J connectivity index is 1.69. The van der Waals surface area contributed by atoms with Gasteiger partial charge in [0.25, 0.3) is 11.1 Å². The third kappa shape index (κ3) is 3.26. The molecule has 2 aliphatic rings. The number of thioether (sulfide) groups is 1. The Morgan fingerprint density at radius 1 is 1.32 bits per heavy atom. The zero-order chi connectivity index (χ0) is 15.7. The second kappa shape index (κ2) is 6.28. The Bertz CT molecular complexity index is 589. The van der Waals surface area contributed by atoms with Crippen LogP contribution in [0.4, 0.5) is 4.79 Å². The van der Waals surface area contributed by atoms with Crippen molar-refractivity contribution in [1.29, 1.82) is 0 Å². The summed E-state index contributed by atoms with van der Waals surface area (Å²) in [5.74, 6) is 0.303. The minimum Gasteiger partial charge on any atom is -0.465 e. The molecule has 2 atom stereocenters. The molecule has 118 valence electrons. The van der Waals surface area contributed by atoms with Crippen LogP contribution in [0.15, 0.2) is 27.7 Å². The van der Waals surface area contributed by atoms with Crippen LogP contribution in [-0.4, -0.2) is 52.9 Å². The molecule has 2 unspecified atom stereocenters. The van der Waals surface area contributed by atoms with E-state index in [1.807, 2.05) is 13.8 Å². The van der Waals surface area contributed by atoms with Gasteiger partial charge in [-0.1, -0.05) is 0 Å². The molecule has 2 fully saturated rings. The van der Waals surface area contributed by atoms with Gasteiger partial charge in [0.2, 0.25) is 0 Å². The molecule has 1 aromatic heterocycles. The van der Waals surface area contributed by atoms with Gasteiger partial charge < -0.3 is 9.15 Å². The van der Waals surface area contributed by atoms with E-state index in [0.29, 0.717) is 30.4 Å². The van der Waals surface area contributed by atoms with Gasteiger partial charge in [-0.15, -0.1) is 0 Å². The average molecular weight is 322 g/mol. The third-order valence-corrected chi connectivity index (χ3v) is 4.43. The largest absolute Gasteiger partial charge is 0.465 e. The molecule has 0 spiro atoms. The second-order valence-corrected chi connectivity index (χ2v) is 6.55. The van der Waals surface area contributed by atoms with E-state index in [9.17, 15) is 9.59 Å². The summed E-state index contributed by atoms with van der Waals surface area (Å²) in [6.45, 7) is 5.71. The molecule has 0 bridgehead atoms. The standard InChI is InChI=1S/C15H18N2O4S/c1-10-7-16(8-11(2)21-10)9-17-14(18)13(22-15(17)19)6-12-4-3-5-20-12/h3-6,10-11H,7-9H2,1-2H3/b13-6-. The SMILES string of the molecule is CC1CN(CN2C(=O)S/C(=C\c3ccco3)C2=O)CC(C)O1. The number of morpholine rings is 1. The van der Waals surface area contributed by atoms with Crippen LogP contribution < -0.4 is 0 Å². The summed E-state index contributed by atoms with van der Waals surface area (Å²) in [7, 11) is 0. The Kier molecular flexibility index (Phi) is 4.37. The lowest BCUT2D eigenvalue weighted by Crippen LogP contribution is -2.50. The van der Waals surface area contributed by atoms with Crippen molar-refractivity contribution in [3.05, 3.63) is 29.1 Å². The van der Waals surface area contributed by atoms with Gasteiger partial charge in [-0.05, 0) is 37.7 Å². The Morgan fingerprint density at radius 2 is 2.05 bits per heavy atom. The number of imide groups is 1. The maximum Gasteiger partial charge on any atom is 0.294 e. The van der Waals surface area contributed by atoms with Crippen LogP contribution in [0.25, 0.3) is 6.08 Å². The fourth-order valence-corrected chi connectivity index (χ4v) is 3.54. The predicted molar refractivity (Wildman–Crippen MR) is 83.0 cm³/mol. The second-order valence-electron chi connectivity index (χ2n) is 5.56. The van der Waals surface area contributed by atoms with E-state index in [-0.39, 0.29) is 23.4 Å². The number of amides is 2. The molecule has 1 aromatic rings. The fourth-order valence-electron chi connectivity index (χ4n) is 2.72. The molecule has 0 radical (unpaired) electrons. The van der Waals surface area contributed by atoms with Gasteiger partial charge in [-0.25, -0.2) is 0 Å². The molecule has 0 aromatic carbocycles. The Morgan fingerprint density at radius 3 is 2.68 bits per heavy atom.